The summed E-state index contributed by atoms with van der Waals surface area (Å²) < 4.78 is 57.4. The molecule has 0 atom stereocenters. The highest BCUT2D eigenvalue weighted by molar-refractivity contribution is 5.74. The van der Waals surface area contributed by atoms with Gasteiger partial charge in [0.1, 0.15) is 22.9 Å². The van der Waals surface area contributed by atoms with E-state index in [2.05, 4.69) is 14.7 Å². The van der Waals surface area contributed by atoms with Gasteiger partial charge in [0.15, 0.2) is 0 Å². The Balaban J connectivity index is 2.07. The van der Waals surface area contributed by atoms with Crippen molar-refractivity contribution in [2.24, 2.45) is 5.73 Å². The molecule has 0 bridgehead atoms. The summed E-state index contributed by atoms with van der Waals surface area (Å²) in [6, 6.07) is 9.08. The highest BCUT2D eigenvalue weighted by Gasteiger charge is 2.31. The summed E-state index contributed by atoms with van der Waals surface area (Å²) in [5.74, 6) is 0.483. The van der Waals surface area contributed by atoms with Gasteiger partial charge in [-0.3, -0.25) is 0 Å². The maximum Gasteiger partial charge on any atom is 0.573 e. The van der Waals surface area contributed by atoms with E-state index >= 15 is 0 Å². The fourth-order valence-corrected chi connectivity index (χ4v) is 2.99. The Bertz CT molecular complexity index is 1070. The monoisotopic (exact) mass is 435 g/mol. The zero-order valence-corrected chi connectivity index (χ0v) is 17.0. The first-order chi connectivity index (χ1) is 14.8. The van der Waals surface area contributed by atoms with Gasteiger partial charge in [0.2, 0.25) is 5.88 Å². The Morgan fingerprint density at radius 1 is 0.903 bits per heavy atom. The average Bonchev–Trinajstić information content (AvgIpc) is 2.77. The minimum Gasteiger partial charge on any atom is -0.497 e. The molecule has 10 heteroatoms. The summed E-state index contributed by atoms with van der Waals surface area (Å²) in [4.78, 5) is 8.94. The number of methoxy groups -OCH3 is 3. The van der Waals surface area contributed by atoms with Crippen LogP contribution in [0.2, 0.25) is 0 Å². The molecule has 7 nitrogen and oxygen atoms in total. The highest BCUT2D eigenvalue weighted by Crippen LogP contribution is 2.38. The number of rotatable bonds is 7. The molecule has 3 aromatic rings. The second-order valence-electron chi connectivity index (χ2n) is 6.25. The molecule has 0 aliphatic carbocycles. The fraction of sp³-hybridized carbons (Fsp3) is 0.238. The van der Waals surface area contributed by atoms with E-state index in [1.165, 1.54) is 26.5 Å². The van der Waals surface area contributed by atoms with Crippen LogP contribution < -0.4 is 24.7 Å². The van der Waals surface area contributed by atoms with Crippen molar-refractivity contribution in [2.45, 2.75) is 12.9 Å². The smallest absolute Gasteiger partial charge is 0.497 e. The number of hydrogen-bond donors (Lipinski definition) is 1. The third-order valence-corrected chi connectivity index (χ3v) is 4.41. The largest absolute Gasteiger partial charge is 0.573 e. The Kier molecular flexibility index (Phi) is 6.50. The molecule has 31 heavy (non-hydrogen) atoms. The molecule has 0 radical (unpaired) electrons. The quantitative estimate of drug-likeness (QED) is 0.595. The van der Waals surface area contributed by atoms with Crippen molar-refractivity contribution in [1.29, 1.82) is 0 Å². The van der Waals surface area contributed by atoms with Gasteiger partial charge in [0.05, 0.1) is 33.2 Å². The molecular weight excluding hydrogens is 415 g/mol. The number of aromatic nitrogens is 2. The van der Waals surface area contributed by atoms with E-state index in [-0.39, 0.29) is 18.2 Å². The zero-order chi connectivity index (χ0) is 22.6. The highest BCUT2D eigenvalue weighted by atomic mass is 19.4. The van der Waals surface area contributed by atoms with E-state index < -0.39 is 12.1 Å². The van der Waals surface area contributed by atoms with Crippen molar-refractivity contribution in [1.82, 2.24) is 9.97 Å². The summed E-state index contributed by atoms with van der Waals surface area (Å²) in [5.41, 5.74) is 8.56. The van der Waals surface area contributed by atoms with Crippen LogP contribution in [-0.4, -0.2) is 37.7 Å². The van der Waals surface area contributed by atoms with Gasteiger partial charge in [-0.15, -0.1) is 13.2 Å². The van der Waals surface area contributed by atoms with E-state index in [4.69, 9.17) is 19.9 Å². The predicted octanol–water partition coefficient (Wildman–Crippen LogP) is 4.19. The molecule has 3 rings (SSSR count). The second-order valence-corrected chi connectivity index (χ2v) is 6.25. The van der Waals surface area contributed by atoms with Gasteiger partial charge in [-0.05, 0) is 29.8 Å². The molecule has 0 aliphatic heterocycles. The first-order valence-corrected chi connectivity index (χ1v) is 9.02. The molecule has 0 saturated heterocycles. The first-order valence-electron chi connectivity index (χ1n) is 9.02. The summed E-state index contributed by atoms with van der Waals surface area (Å²) >= 11 is 0. The van der Waals surface area contributed by atoms with Crippen molar-refractivity contribution in [3.63, 3.8) is 0 Å². The van der Waals surface area contributed by atoms with E-state index in [1.807, 2.05) is 6.07 Å². The van der Waals surface area contributed by atoms with Gasteiger partial charge < -0.3 is 24.7 Å². The van der Waals surface area contributed by atoms with Crippen molar-refractivity contribution < 1.29 is 32.1 Å². The van der Waals surface area contributed by atoms with Gasteiger partial charge in [-0.2, -0.15) is 0 Å². The van der Waals surface area contributed by atoms with Crippen LogP contribution in [0.4, 0.5) is 13.2 Å². The molecule has 1 heterocycles. The zero-order valence-electron chi connectivity index (χ0n) is 17.0. The minimum atomic E-state index is -4.82. The number of nitrogens with zero attached hydrogens (tertiary/aromatic N) is 2. The Labute approximate surface area is 176 Å². The van der Waals surface area contributed by atoms with Gasteiger partial charge in [-0.25, -0.2) is 9.97 Å². The number of benzene rings is 2. The summed E-state index contributed by atoms with van der Waals surface area (Å²) in [6.45, 7) is 0.277. The molecular formula is C21H20F3N3O4. The predicted molar refractivity (Wildman–Crippen MR) is 107 cm³/mol. The average molecular weight is 435 g/mol. The van der Waals surface area contributed by atoms with Crippen LogP contribution in [0.3, 0.4) is 0 Å². The van der Waals surface area contributed by atoms with Crippen molar-refractivity contribution in [2.75, 3.05) is 21.3 Å². The van der Waals surface area contributed by atoms with Gasteiger partial charge in [-0.1, -0.05) is 6.07 Å². The number of halogens is 3. The van der Waals surface area contributed by atoms with Crippen LogP contribution in [0, 0.1) is 0 Å². The molecule has 0 aliphatic rings. The molecule has 2 aromatic carbocycles. The van der Waals surface area contributed by atoms with Crippen LogP contribution in [-0.2, 0) is 6.54 Å². The lowest BCUT2D eigenvalue weighted by Gasteiger charge is -2.15. The van der Waals surface area contributed by atoms with E-state index in [9.17, 15) is 13.2 Å². The van der Waals surface area contributed by atoms with Gasteiger partial charge in [0.25, 0.3) is 0 Å². The molecule has 2 N–H and O–H groups in total. The third kappa shape index (κ3) is 4.97. The lowest BCUT2D eigenvalue weighted by molar-refractivity contribution is -0.274. The number of ether oxygens (including phenoxy) is 4. The van der Waals surface area contributed by atoms with Crippen molar-refractivity contribution in [3.8, 4) is 45.6 Å². The van der Waals surface area contributed by atoms with Crippen molar-refractivity contribution in [3.05, 3.63) is 48.2 Å². The first kappa shape index (κ1) is 22.2. The SMILES string of the molecule is COc1ccc(CN)c(-c2cnc(-c3ccc(OC(F)(F)F)cc3OC)c(OC)n2)c1. The van der Waals surface area contributed by atoms with Crippen LogP contribution >= 0.6 is 0 Å². The molecule has 0 unspecified atom stereocenters. The van der Waals surface area contributed by atoms with E-state index in [0.29, 0.717) is 22.7 Å². The number of nitrogens with two attached hydrogens (primary N) is 1. The molecule has 0 spiro atoms. The minimum absolute atomic E-state index is 0.117. The van der Waals surface area contributed by atoms with Crippen LogP contribution in [0.1, 0.15) is 5.56 Å². The summed E-state index contributed by atoms with van der Waals surface area (Å²) in [6.07, 6.45) is -3.30. The van der Waals surface area contributed by atoms with Gasteiger partial charge in [0, 0.05) is 23.7 Å². The molecule has 1 aromatic heterocycles. The van der Waals surface area contributed by atoms with E-state index in [0.717, 1.165) is 23.3 Å². The lowest BCUT2D eigenvalue weighted by Crippen LogP contribution is -2.17. The topological polar surface area (TPSA) is 88.7 Å². The van der Waals surface area contributed by atoms with Crippen LogP contribution in [0.25, 0.3) is 22.5 Å². The van der Waals surface area contributed by atoms with Crippen LogP contribution in [0.5, 0.6) is 23.1 Å². The summed E-state index contributed by atoms with van der Waals surface area (Å²) in [7, 11) is 4.30. The number of hydrogen-bond acceptors (Lipinski definition) is 7. The fourth-order valence-electron chi connectivity index (χ4n) is 2.99. The molecule has 164 valence electrons. The molecule has 0 fully saturated rings. The number of alkyl halides is 3. The molecule has 0 saturated carbocycles. The maximum atomic E-state index is 12.5. The standard InChI is InChI=1S/C21H20F3N3O4/c1-28-13-5-4-12(10-25)16(8-13)17-11-26-19(20(27-17)30-3)15-7-6-14(9-18(15)29-2)31-21(22,23)24/h4-9,11H,10,25H2,1-3H3. The second kappa shape index (κ2) is 9.09. The third-order valence-electron chi connectivity index (χ3n) is 4.41. The Morgan fingerprint density at radius 3 is 2.26 bits per heavy atom. The summed E-state index contributed by atoms with van der Waals surface area (Å²) in [5, 5.41) is 0. The van der Waals surface area contributed by atoms with Crippen LogP contribution in [0.15, 0.2) is 42.6 Å². The van der Waals surface area contributed by atoms with E-state index in [1.54, 1.807) is 19.2 Å². The normalized spacial score (nSPS) is 11.2. The van der Waals surface area contributed by atoms with Crippen molar-refractivity contribution >= 4 is 0 Å². The maximum absolute atomic E-state index is 12.5. The Morgan fingerprint density at radius 2 is 1.65 bits per heavy atom. The lowest BCUT2D eigenvalue weighted by atomic mass is 10.0. The Hall–Kier alpha value is -3.53. The van der Waals surface area contributed by atoms with Gasteiger partial charge >= 0.3 is 6.36 Å². The molecule has 0 amide bonds.